The Bertz CT molecular complexity index is 517. The van der Waals surface area contributed by atoms with Crippen LogP contribution in [-0.2, 0) is 9.53 Å². The van der Waals surface area contributed by atoms with Crippen LogP contribution in [0.4, 0.5) is 10.5 Å². The highest BCUT2D eigenvalue weighted by molar-refractivity contribution is 9.10. The number of halogens is 1. The quantitative estimate of drug-likeness (QED) is 0.926. The Morgan fingerprint density at radius 1 is 1.58 bits per heavy atom. The number of aliphatic carboxylic acids is 1. The van der Waals surface area contributed by atoms with E-state index in [1.807, 2.05) is 19.1 Å². The third-order valence-corrected chi connectivity index (χ3v) is 3.96. The number of hydrogen-bond acceptors (Lipinski definition) is 3. The summed E-state index contributed by atoms with van der Waals surface area (Å²) in [5.74, 6) is -0.918. The standard InChI is InChI=1S/C13H14BrNO4/c1-8-6-9(2-3-11(8)14)15-10(7-12(16)17)4-5-19-13(15)18/h2-3,6,10H,4-5,7H2,1H3,(H,16,17). The number of anilines is 1. The molecule has 19 heavy (non-hydrogen) atoms. The molecule has 1 aliphatic heterocycles. The Balaban J connectivity index is 2.32. The first-order chi connectivity index (χ1) is 8.99. The molecule has 2 rings (SSSR count). The fraction of sp³-hybridized carbons (Fsp3) is 0.385. The lowest BCUT2D eigenvalue weighted by atomic mass is 10.1. The lowest BCUT2D eigenvalue weighted by Gasteiger charge is -2.34. The molecule has 1 atom stereocenters. The third-order valence-electron chi connectivity index (χ3n) is 3.07. The summed E-state index contributed by atoms with van der Waals surface area (Å²) in [7, 11) is 0. The van der Waals surface area contributed by atoms with E-state index >= 15 is 0 Å². The Kier molecular flexibility index (Phi) is 4.09. The van der Waals surface area contributed by atoms with Crippen LogP contribution >= 0.6 is 15.9 Å². The van der Waals surface area contributed by atoms with E-state index in [2.05, 4.69) is 15.9 Å². The number of ether oxygens (including phenoxy) is 1. The van der Waals surface area contributed by atoms with E-state index in [-0.39, 0.29) is 19.1 Å². The number of cyclic esters (lactones) is 1. The molecule has 1 aliphatic rings. The summed E-state index contributed by atoms with van der Waals surface area (Å²) in [4.78, 5) is 24.2. The number of amides is 1. The van der Waals surface area contributed by atoms with E-state index in [1.165, 1.54) is 4.90 Å². The normalized spacial score (nSPS) is 19.2. The molecular formula is C13H14BrNO4. The minimum atomic E-state index is -0.918. The van der Waals surface area contributed by atoms with Gasteiger partial charge < -0.3 is 9.84 Å². The zero-order valence-corrected chi connectivity index (χ0v) is 12.0. The molecule has 5 nitrogen and oxygen atoms in total. The first-order valence-electron chi connectivity index (χ1n) is 5.93. The van der Waals surface area contributed by atoms with Crippen LogP contribution < -0.4 is 4.90 Å². The van der Waals surface area contributed by atoms with Crippen molar-refractivity contribution in [3.05, 3.63) is 28.2 Å². The fourth-order valence-electron chi connectivity index (χ4n) is 2.12. The molecule has 102 valence electrons. The van der Waals surface area contributed by atoms with Gasteiger partial charge in [0.1, 0.15) is 0 Å². The molecule has 1 fully saturated rings. The van der Waals surface area contributed by atoms with Crippen LogP contribution in [-0.4, -0.2) is 29.8 Å². The monoisotopic (exact) mass is 327 g/mol. The van der Waals surface area contributed by atoms with Crippen LogP contribution in [0.15, 0.2) is 22.7 Å². The zero-order chi connectivity index (χ0) is 14.0. The number of carbonyl (C=O) groups is 2. The highest BCUT2D eigenvalue weighted by Crippen LogP contribution is 2.28. The highest BCUT2D eigenvalue weighted by atomic mass is 79.9. The van der Waals surface area contributed by atoms with Crippen LogP contribution in [0, 0.1) is 6.92 Å². The molecule has 1 unspecified atom stereocenters. The van der Waals surface area contributed by atoms with Crippen molar-refractivity contribution < 1.29 is 19.4 Å². The van der Waals surface area contributed by atoms with E-state index in [9.17, 15) is 9.59 Å². The molecule has 1 saturated heterocycles. The third kappa shape index (κ3) is 3.07. The molecule has 0 aromatic heterocycles. The summed E-state index contributed by atoms with van der Waals surface area (Å²) in [6, 6.07) is 5.09. The van der Waals surface area contributed by atoms with Crippen molar-refractivity contribution in [2.75, 3.05) is 11.5 Å². The molecule has 0 bridgehead atoms. The molecule has 1 heterocycles. The molecular weight excluding hydrogens is 314 g/mol. The van der Waals surface area contributed by atoms with Gasteiger partial charge >= 0.3 is 12.1 Å². The largest absolute Gasteiger partial charge is 0.481 e. The second kappa shape index (κ2) is 5.61. The van der Waals surface area contributed by atoms with Gasteiger partial charge in [0, 0.05) is 16.6 Å². The SMILES string of the molecule is Cc1cc(N2C(=O)OCCC2CC(=O)O)ccc1Br. The van der Waals surface area contributed by atoms with Gasteiger partial charge in [0.2, 0.25) is 0 Å². The molecule has 0 saturated carbocycles. The van der Waals surface area contributed by atoms with E-state index in [0.29, 0.717) is 12.1 Å². The second-order valence-electron chi connectivity index (χ2n) is 4.46. The fourth-order valence-corrected chi connectivity index (χ4v) is 2.37. The van der Waals surface area contributed by atoms with Crippen molar-refractivity contribution >= 4 is 33.7 Å². The Hall–Kier alpha value is -1.56. The van der Waals surface area contributed by atoms with Gasteiger partial charge in [0.25, 0.3) is 0 Å². The number of rotatable bonds is 3. The van der Waals surface area contributed by atoms with Crippen LogP contribution in [0.1, 0.15) is 18.4 Å². The number of carboxylic acids is 1. The van der Waals surface area contributed by atoms with Crippen molar-refractivity contribution in [2.45, 2.75) is 25.8 Å². The smallest absolute Gasteiger partial charge is 0.414 e. The van der Waals surface area contributed by atoms with Crippen molar-refractivity contribution in [1.29, 1.82) is 0 Å². The average molecular weight is 328 g/mol. The molecule has 0 radical (unpaired) electrons. The topological polar surface area (TPSA) is 66.8 Å². The molecule has 0 aliphatic carbocycles. The van der Waals surface area contributed by atoms with Crippen LogP contribution in [0.5, 0.6) is 0 Å². The molecule has 1 amide bonds. The summed E-state index contributed by atoms with van der Waals surface area (Å²) in [6.07, 6.45) is -0.0450. The minimum absolute atomic E-state index is 0.0792. The zero-order valence-electron chi connectivity index (χ0n) is 10.4. The van der Waals surface area contributed by atoms with Gasteiger partial charge in [-0.1, -0.05) is 15.9 Å². The van der Waals surface area contributed by atoms with E-state index < -0.39 is 12.1 Å². The van der Waals surface area contributed by atoms with Gasteiger partial charge in [-0.2, -0.15) is 0 Å². The van der Waals surface area contributed by atoms with Gasteiger partial charge in [0.05, 0.1) is 19.1 Å². The summed E-state index contributed by atoms with van der Waals surface area (Å²) < 4.78 is 5.95. The molecule has 0 spiro atoms. The summed E-state index contributed by atoms with van der Waals surface area (Å²) >= 11 is 3.40. The number of hydrogen-bond donors (Lipinski definition) is 1. The van der Waals surface area contributed by atoms with E-state index in [1.54, 1.807) is 6.07 Å². The molecule has 1 aromatic rings. The highest BCUT2D eigenvalue weighted by Gasteiger charge is 2.32. The molecule has 6 heteroatoms. The van der Waals surface area contributed by atoms with Crippen molar-refractivity contribution in [3.63, 3.8) is 0 Å². The van der Waals surface area contributed by atoms with Crippen molar-refractivity contribution in [2.24, 2.45) is 0 Å². The number of carbonyl (C=O) groups excluding carboxylic acids is 1. The maximum Gasteiger partial charge on any atom is 0.414 e. The van der Waals surface area contributed by atoms with E-state index in [4.69, 9.17) is 9.84 Å². The van der Waals surface area contributed by atoms with Gasteiger partial charge in [0.15, 0.2) is 0 Å². The van der Waals surface area contributed by atoms with Gasteiger partial charge in [-0.15, -0.1) is 0 Å². The van der Waals surface area contributed by atoms with Gasteiger partial charge in [-0.25, -0.2) is 4.79 Å². The summed E-state index contributed by atoms with van der Waals surface area (Å²) in [5.41, 5.74) is 1.64. The average Bonchev–Trinajstić information content (AvgIpc) is 2.32. The Labute approximate surface area is 119 Å². The molecule has 1 N–H and O–H groups in total. The number of benzene rings is 1. The molecule has 1 aromatic carbocycles. The lowest BCUT2D eigenvalue weighted by molar-refractivity contribution is -0.137. The maximum absolute atomic E-state index is 11.9. The maximum atomic E-state index is 11.9. The first-order valence-corrected chi connectivity index (χ1v) is 6.72. The van der Waals surface area contributed by atoms with Crippen molar-refractivity contribution in [1.82, 2.24) is 0 Å². The number of nitrogens with zero attached hydrogens (tertiary/aromatic N) is 1. The predicted octanol–water partition coefficient (Wildman–Crippen LogP) is 2.95. The van der Waals surface area contributed by atoms with Gasteiger partial charge in [-0.05, 0) is 30.7 Å². The van der Waals surface area contributed by atoms with Crippen LogP contribution in [0.3, 0.4) is 0 Å². The Morgan fingerprint density at radius 2 is 2.32 bits per heavy atom. The lowest BCUT2D eigenvalue weighted by Crippen LogP contribution is -2.46. The van der Waals surface area contributed by atoms with Crippen LogP contribution in [0.2, 0.25) is 0 Å². The Morgan fingerprint density at radius 3 is 2.95 bits per heavy atom. The second-order valence-corrected chi connectivity index (χ2v) is 5.31. The predicted molar refractivity (Wildman–Crippen MR) is 73.4 cm³/mol. The van der Waals surface area contributed by atoms with Crippen molar-refractivity contribution in [3.8, 4) is 0 Å². The summed E-state index contributed by atoms with van der Waals surface area (Å²) in [6.45, 7) is 2.18. The number of carboxylic acid groups (broad SMARTS) is 1. The van der Waals surface area contributed by atoms with Gasteiger partial charge in [-0.3, -0.25) is 9.69 Å². The summed E-state index contributed by atoms with van der Waals surface area (Å²) in [5, 5.41) is 8.93. The van der Waals surface area contributed by atoms with E-state index in [0.717, 1.165) is 10.0 Å². The first kappa shape index (κ1) is 13.9. The number of aryl methyl sites for hydroxylation is 1. The van der Waals surface area contributed by atoms with Crippen LogP contribution in [0.25, 0.3) is 0 Å². The minimum Gasteiger partial charge on any atom is -0.481 e.